The molecule has 0 saturated heterocycles. The van der Waals surface area contributed by atoms with Gasteiger partial charge in [0.2, 0.25) is 0 Å². The largest absolute Gasteiger partial charge is 0.493 e. The van der Waals surface area contributed by atoms with Gasteiger partial charge in [0.05, 0.1) is 13.2 Å². The first-order valence-electron chi connectivity index (χ1n) is 5.82. The zero-order valence-corrected chi connectivity index (χ0v) is 10.6. The van der Waals surface area contributed by atoms with E-state index in [1.54, 1.807) is 6.07 Å². The van der Waals surface area contributed by atoms with E-state index in [-0.39, 0.29) is 11.5 Å². The fourth-order valence-electron chi connectivity index (χ4n) is 1.65. The highest BCUT2D eigenvalue weighted by molar-refractivity contribution is 5.43. The Labute approximate surface area is 111 Å². The minimum absolute atomic E-state index is 0.0917. The van der Waals surface area contributed by atoms with E-state index >= 15 is 0 Å². The lowest BCUT2D eigenvalue weighted by Gasteiger charge is -2.14. The topological polar surface area (TPSA) is 38.7 Å². The highest BCUT2D eigenvalue weighted by atomic mass is 19.3. The number of aliphatic hydroxyl groups is 1. The number of rotatable bonds is 7. The molecule has 1 atom stereocenters. The quantitative estimate of drug-likeness (QED) is 0.611. The average Bonchev–Trinajstić information content (AvgIpc) is 2.38. The van der Waals surface area contributed by atoms with Crippen molar-refractivity contribution in [1.29, 1.82) is 0 Å². The van der Waals surface area contributed by atoms with Crippen LogP contribution in [0.2, 0.25) is 0 Å². The third kappa shape index (κ3) is 4.76. The predicted octanol–water partition coefficient (Wildman–Crippen LogP) is 3.13. The summed E-state index contributed by atoms with van der Waals surface area (Å²) in [5.74, 6) is 2.58. The Bertz CT molecular complexity index is 441. The molecule has 5 heteroatoms. The van der Waals surface area contributed by atoms with Crippen molar-refractivity contribution < 1.29 is 23.4 Å². The Kier molecular flexibility index (Phi) is 6.10. The summed E-state index contributed by atoms with van der Waals surface area (Å²) < 4.78 is 33.8. The summed E-state index contributed by atoms with van der Waals surface area (Å²) in [6, 6.07) is 4.45. The van der Waals surface area contributed by atoms with Gasteiger partial charge in [-0.05, 0) is 30.5 Å². The van der Waals surface area contributed by atoms with Crippen LogP contribution < -0.4 is 9.47 Å². The first-order chi connectivity index (χ1) is 9.08. The number of halogens is 2. The van der Waals surface area contributed by atoms with E-state index in [2.05, 4.69) is 10.7 Å². The first-order valence-corrected chi connectivity index (χ1v) is 5.82. The Morgan fingerprint density at radius 2 is 2.11 bits per heavy atom. The number of alkyl halides is 2. The van der Waals surface area contributed by atoms with Crippen LogP contribution in [-0.2, 0) is 0 Å². The Hall–Kier alpha value is -1.80. The van der Waals surface area contributed by atoms with Gasteiger partial charge in [-0.2, -0.15) is 8.78 Å². The van der Waals surface area contributed by atoms with Gasteiger partial charge in [0.1, 0.15) is 0 Å². The van der Waals surface area contributed by atoms with Crippen molar-refractivity contribution in [3.63, 3.8) is 0 Å². The summed E-state index contributed by atoms with van der Waals surface area (Å²) in [7, 11) is 1.36. The van der Waals surface area contributed by atoms with Crippen molar-refractivity contribution in [2.75, 3.05) is 7.11 Å². The van der Waals surface area contributed by atoms with Crippen LogP contribution in [0, 0.1) is 12.3 Å². The molecule has 0 amide bonds. The molecule has 0 spiro atoms. The molecule has 1 aromatic rings. The molecule has 1 N–H and O–H groups in total. The number of methoxy groups -OCH3 is 1. The Morgan fingerprint density at radius 3 is 2.68 bits per heavy atom. The van der Waals surface area contributed by atoms with Crippen LogP contribution in [0.1, 0.15) is 30.9 Å². The summed E-state index contributed by atoms with van der Waals surface area (Å²) >= 11 is 0. The van der Waals surface area contributed by atoms with Crippen molar-refractivity contribution in [3.8, 4) is 23.8 Å². The highest BCUT2D eigenvalue weighted by Crippen LogP contribution is 2.32. The van der Waals surface area contributed by atoms with Gasteiger partial charge in [-0.25, -0.2) is 0 Å². The van der Waals surface area contributed by atoms with Crippen molar-refractivity contribution in [2.24, 2.45) is 0 Å². The lowest BCUT2D eigenvalue weighted by Crippen LogP contribution is -2.05. The first kappa shape index (κ1) is 15.3. The van der Waals surface area contributed by atoms with E-state index in [1.165, 1.54) is 19.2 Å². The number of terminal acetylenes is 1. The molecule has 0 aliphatic rings. The fraction of sp³-hybridized carbons (Fsp3) is 0.429. The van der Waals surface area contributed by atoms with Crippen molar-refractivity contribution in [1.82, 2.24) is 0 Å². The van der Waals surface area contributed by atoms with E-state index in [0.29, 0.717) is 24.8 Å². The molecule has 19 heavy (non-hydrogen) atoms. The molecule has 0 heterocycles. The van der Waals surface area contributed by atoms with Gasteiger partial charge in [0.15, 0.2) is 11.5 Å². The number of ether oxygens (including phenoxy) is 2. The number of unbranched alkanes of at least 4 members (excludes halogenated alkanes) is 1. The zero-order valence-electron chi connectivity index (χ0n) is 10.6. The maximum absolute atomic E-state index is 12.3. The van der Waals surface area contributed by atoms with Gasteiger partial charge in [-0.3, -0.25) is 0 Å². The van der Waals surface area contributed by atoms with Gasteiger partial charge < -0.3 is 14.6 Å². The molecule has 0 bridgehead atoms. The molecule has 0 aliphatic heterocycles. The van der Waals surface area contributed by atoms with E-state index in [0.717, 1.165) is 0 Å². The third-order valence-corrected chi connectivity index (χ3v) is 2.59. The maximum atomic E-state index is 12.3. The summed E-state index contributed by atoms with van der Waals surface area (Å²) in [6.07, 6.45) is 6.04. The van der Waals surface area contributed by atoms with Gasteiger partial charge in [0, 0.05) is 6.42 Å². The molecule has 0 aromatic heterocycles. The van der Waals surface area contributed by atoms with Crippen LogP contribution in [0.3, 0.4) is 0 Å². The molecule has 0 saturated carbocycles. The second-order valence-corrected chi connectivity index (χ2v) is 3.90. The molecule has 0 fully saturated rings. The molecule has 1 rings (SSSR count). The predicted molar refractivity (Wildman–Crippen MR) is 67.3 cm³/mol. The number of hydrogen-bond donors (Lipinski definition) is 1. The van der Waals surface area contributed by atoms with Crippen LogP contribution in [0.5, 0.6) is 11.5 Å². The van der Waals surface area contributed by atoms with Crippen LogP contribution in [0.25, 0.3) is 0 Å². The highest BCUT2D eigenvalue weighted by Gasteiger charge is 2.14. The molecule has 1 unspecified atom stereocenters. The SMILES string of the molecule is C#CCCCC(O)c1ccc(OC)c(OC(F)F)c1. The van der Waals surface area contributed by atoms with Crippen molar-refractivity contribution in [3.05, 3.63) is 23.8 Å². The maximum Gasteiger partial charge on any atom is 0.387 e. The molecule has 0 aliphatic carbocycles. The molecule has 3 nitrogen and oxygen atoms in total. The van der Waals surface area contributed by atoms with Crippen LogP contribution in [0.4, 0.5) is 8.78 Å². The summed E-state index contributed by atoms with van der Waals surface area (Å²) in [5.41, 5.74) is 0.494. The van der Waals surface area contributed by atoms with Crippen LogP contribution in [0.15, 0.2) is 18.2 Å². The van der Waals surface area contributed by atoms with E-state index in [4.69, 9.17) is 11.2 Å². The Balaban J connectivity index is 2.82. The van der Waals surface area contributed by atoms with Gasteiger partial charge in [-0.1, -0.05) is 6.07 Å². The molecule has 1 aromatic carbocycles. The third-order valence-electron chi connectivity index (χ3n) is 2.59. The Morgan fingerprint density at radius 1 is 1.37 bits per heavy atom. The van der Waals surface area contributed by atoms with Crippen molar-refractivity contribution >= 4 is 0 Å². The van der Waals surface area contributed by atoms with E-state index in [1.807, 2.05) is 0 Å². The standard InChI is InChI=1S/C14H16F2O3/c1-3-4-5-6-11(17)10-7-8-12(18-2)13(9-10)19-14(15)16/h1,7-9,11,14,17H,4-6H2,2H3. The number of hydrogen-bond acceptors (Lipinski definition) is 3. The molecule has 104 valence electrons. The summed E-state index contributed by atoms with van der Waals surface area (Å²) in [5, 5.41) is 9.92. The van der Waals surface area contributed by atoms with E-state index in [9.17, 15) is 13.9 Å². The van der Waals surface area contributed by atoms with Gasteiger partial charge in [0.25, 0.3) is 0 Å². The summed E-state index contributed by atoms with van der Waals surface area (Å²) in [6.45, 7) is -2.94. The lowest BCUT2D eigenvalue weighted by molar-refractivity contribution is -0.0513. The molecule has 0 radical (unpaired) electrons. The van der Waals surface area contributed by atoms with Gasteiger partial charge >= 0.3 is 6.61 Å². The van der Waals surface area contributed by atoms with Crippen molar-refractivity contribution in [2.45, 2.75) is 32.0 Å². The second kappa shape index (κ2) is 7.59. The molecular weight excluding hydrogens is 254 g/mol. The minimum Gasteiger partial charge on any atom is -0.493 e. The second-order valence-electron chi connectivity index (χ2n) is 3.90. The summed E-state index contributed by atoms with van der Waals surface area (Å²) in [4.78, 5) is 0. The average molecular weight is 270 g/mol. The van der Waals surface area contributed by atoms with E-state index < -0.39 is 12.7 Å². The monoisotopic (exact) mass is 270 g/mol. The fourth-order valence-corrected chi connectivity index (χ4v) is 1.65. The number of aliphatic hydroxyl groups excluding tert-OH is 1. The molecular formula is C14H16F2O3. The lowest BCUT2D eigenvalue weighted by atomic mass is 10.0. The minimum atomic E-state index is -2.94. The normalized spacial score (nSPS) is 12.0. The van der Waals surface area contributed by atoms with Crippen LogP contribution >= 0.6 is 0 Å². The smallest absolute Gasteiger partial charge is 0.387 e. The van der Waals surface area contributed by atoms with Gasteiger partial charge in [-0.15, -0.1) is 12.3 Å². The zero-order chi connectivity index (χ0) is 14.3. The number of benzene rings is 1. The van der Waals surface area contributed by atoms with Crippen LogP contribution in [-0.4, -0.2) is 18.8 Å².